The first-order chi connectivity index (χ1) is 11.6. The molecule has 0 bridgehead atoms. The van der Waals surface area contributed by atoms with Gasteiger partial charge in [0.2, 0.25) is 0 Å². The first-order valence-electron chi connectivity index (χ1n) is 7.60. The van der Waals surface area contributed by atoms with Crippen molar-refractivity contribution in [1.82, 2.24) is 15.1 Å². The van der Waals surface area contributed by atoms with Crippen LogP contribution in [-0.2, 0) is 11.3 Å². The number of ether oxygens (including phenoxy) is 2. The lowest BCUT2D eigenvalue weighted by Gasteiger charge is -2.19. The Balaban J connectivity index is 1.67. The summed E-state index contributed by atoms with van der Waals surface area (Å²) in [4.78, 5) is 12.3. The summed E-state index contributed by atoms with van der Waals surface area (Å²) in [7, 11) is 0. The van der Waals surface area contributed by atoms with Crippen LogP contribution in [0.3, 0.4) is 0 Å². The molecule has 1 N–H and O–H groups in total. The third kappa shape index (κ3) is 3.52. The lowest BCUT2D eigenvalue weighted by atomic mass is 10.1. The number of benzene rings is 1. The van der Waals surface area contributed by atoms with E-state index >= 15 is 0 Å². The van der Waals surface area contributed by atoms with E-state index in [4.69, 9.17) is 21.1 Å². The van der Waals surface area contributed by atoms with Crippen molar-refractivity contribution < 1.29 is 18.7 Å². The standard InChI is InChI=1S/C16H17ClFN3O3/c1-2-21-7-10(6-19-21)24-14-9-23-8-13(14)20-16(22)11-4-3-5-12(17)15(11)18/h3-7,13-14H,2,8-9H2,1H3,(H,20,22)/t13-,14+/m0/s1. The fourth-order valence-corrected chi connectivity index (χ4v) is 2.64. The molecule has 0 radical (unpaired) electrons. The quantitative estimate of drug-likeness (QED) is 0.895. The monoisotopic (exact) mass is 353 g/mol. The number of halogens is 2. The van der Waals surface area contributed by atoms with Crippen molar-refractivity contribution >= 4 is 17.5 Å². The summed E-state index contributed by atoms with van der Waals surface area (Å²) in [5, 5.41) is 6.78. The van der Waals surface area contributed by atoms with E-state index in [1.54, 1.807) is 17.1 Å². The van der Waals surface area contributed by atoms with Gasteiger partial charge in [-0.1, -0.05) is 17.7 Å². The number of hydrogen-bond donors (Lipinski definition) is 1. The number of carbonyl (C=O) groups excluding carboxylic acids is 1. The van der Waals surface area contributed by atoms with E-state index in [1.807, 2.05) is 6.92 Å². The Morgan fingerprint density at radius 1 is 1.54 bits per heavy atom. The Morgan fingerprint density at radius 3 is 3.12 bits per heavy atom. The Morgan fingerprint density at radius 2 is 2.38 bits per heavy atom. The van der Waals surface area contributed by atoms with Crippen molar-refractivity contribution in [2.45, 2.75) is 25.6 Å². The minimum Gasteiger partial charge on any atom is -0.482 e. The van der Waals surface area contributed by atoms with E-state index in [0.29, 0.717) is 19.0 Å². The van der Waals surface area contributed by atoms with Gasteiger partial charge in [-0.25, -0.2) is 4.39 Å². The van der Waals surface area contributed by atoms with Gasteiger partial charge in [0.25, 0.3) is 5.91 Å². The largest absolute Gasteiger partial charge is 0.482 e. The SMILES string of the molecule is CCn1cc(O[C@@H]2COC[C@@H]2NC(=O)c2cccc(Cl)c2F)cn1. The van der Waals surface area contributed by atoms with Crippen LogP contribution in [0.1, 0.15) is 17.3 Å². The molecule has 0 unspecified atom stereocenters. The zero-order valence-electron chi connectivity index (χ0n) is 13.0. The molecule has 0 aliphatic carbocycles. The average Bonchev–Trinajstić information content (AvgIpc) is 3.20. The lowest BCUT2D eigenvalue weighted by molar-refractivity contribution is 0.0900. The molecule has 2 heterocycles. The van der Waals surface area contributed by atoms with Crippen LogP contribution in [-0.4, -0.2) is 41.0 Å². The highest BCUT2D eigenvalue weighted by Gasteiger charge is 2.32. The molecule has 1 saturated heterocycles. The number of nitrogens with one attached hydrogen (secondary N) is 1. The summed E-state index contributed by atoms with van der Waals surface area (Å²) in [5.74, 6) is -0.693. The Hall–Kier alpha value is -2.12. The average molecular weight is 354 g/mol. The molecule has 8 heteroatoms. The van der Waals surface area contributed by atoms with Crippen LogP contribution in [0.25, 0.3) is 0 Å². The fraction of sp³-hybridized carbons (Fsp3) is 0.375. The molecule has 1 aliphatic heterocycles. The number of carbonyl (C=O) groups is 1. The lowest BCUT2D eigenvalue weighted by Crippen LogP contribution is -2.45. The maximum absolute atomic E-state index is 13.9. The molecule has 1 aromatic carbocycles. The van der Waals surface area contributed by atoms with Crippen LogP contribution in [0.2, 0.25) is 5.02 Å². The van der Waals surface area contributed by atoms with Crippen LogP contribution in [0, 0.1) is 5.82 Å². The van der Waals surface area contributed by atoms with Crippen molar-refractivity contribution in [3.05, 3.63) is 47.0 Å². The predicted octanol–water partition coefficient (Wildman–Crippen LogP) is 2.27. The summed E-state index contributed by atoms with van der Waals surface area (Å²) < 4.78 is 26.9. The molecule has 1 aromatic heterocycles. The summed E-state index contributed by atoms with van der Waals surface area (Å²) >= 11 is 5.71. The van der Waals surface area contributed by atoms with Gasteiger partial charge in [-0.15, -0.1) is 0 Å². The van der Waals surface area contributed by atoms with Gasteiger partial charge in [0.15, 0.2) is 11.6 Å². The number of aromatic nitrogens is 2. The Kier molecular flexibility index (Phi) is 5.01. The molecule has 6 nitrogen and oxygen atoms in total. The van der Waals surface area contributed by atoms with Crippen molar-refractivity contribution in [1.29, 1.82) is 0 Å². The number of nitrogens with zero attached hydrogens (tertiary/aromatic N) is 2. The van der Waals surface area contributed by atoms with Gasteiger partial charge in [0.1, 0.15) is 6.10 Å². The highest BCUT2D eigenvalue weighted by molar-refractivity contribution is 6.31. The first-order valence-corrected chi connectivity index (χ1v) is 7.98. The highest BCUT2D eigenvalue weighted by Crippen LogP contribution is 2.20. The van der Waals surface area contributed by atoms with Gasteiger partial charge in [-0.3, -0.25) is 9.48 Å². The molecule has 2 aromatic rings. The van der Waals surface area contributed by atoms with Crippen molar-refractivity contribution in [3.8, 4) is 5.75 Å². The molecular formula is C16H17ClFN3O3. The van der Waals surface area contributed by atoms with Gasteiger partial charge in [-0.05, 0) is 19.1 Å². The minimum atomic E-state index is -0.739. The molecule has 3 rings (SSSR count). The number of hydrogen-bond acceptors (Lipinski definition) is 4. The number of amides is 1. The summed E-state index contributed by atoms with van der Waals surface area (Å²) in [6.07, 6.45) is 3.01. The third-order valence-corrected chi connectivity index (χ3v) is 4.05. The second kappa shape index (κ2) is 7.19. The van der Waals surface area contributed by atoms with Gasteiger partial charge < -0.3 is 14.8 Å². The van der Waals surface area contributed by atoms with E-state index in [9.17, 15) is 9.18 Å². The zero-order valence-corrected chi connectivity index (χ0v) is 13.8. The summed E-state index contributed by atoms with van der Waals surface area (Å²) in [5.41, 5.74) is -0.105. The second-order valence-electron chi connectivity index (χ2n) is 5.41. The predicted molar refractivity (Wildman–Crippen MR) is 85.8 cm³/mol. The summed E-state index contributed by atoms with van der Waals surface area (Å²) in [6, 6.07) is 3.91. The number of rotatable bonds is 5. The second-order valence-corrected chi connectivity index (χ2v) is 5.81. The van der Waals surface area contributed by atoms with E-state index < -0.39 is 11.7 Å². The topological polar surface area (TPSA) is 65.4 Å². The fourth-order valence-electron chi connectivity index (χ4n) is 2.46. The Labute approximate surface area is 143 Å². The van der Waals surface area contributed by atoms with Gasteiger partial charge in [0, 0.05) is 6.54 Å². The molecule has 1 aliphatic rings. The van der Waals surface area contributed by atoms with Crippen molar-refractivity contribution in [2.24, 2.45) is 0 Å². The van der Waals surface area contributed by atoms with E-state index in [-0.39, 0.29) is 22.7 Å². The molecule has 2 atom stereocenters. The van der Waals surface area contributed by atoms with E-state index in [1.165, 1.54) is 18.2 Å². The van der Waals surface area contributed by atoms with Crippen LogP contribution in [0.15, 0.2) is 30.6 Å². The smallest absolute Gasteiger partial charge is 0.254 e. The minimum absolute atomic E-state index is 0.0925. The van der Waals surface area contributed by atoms with Gasteiger partial charge >= 0.3 is 0 Å². The molecule has 0 saturated carbocycles. The maximum atomic E-state index is 13.9. The van der Waals surface area contributed by atoms with Crippen molar-refractivity contribution in [2.75, 3.05) is 13.2 Å². The Bertz CT molecular complexity index is 737. The number of aryl methyl sites for hydroxylation is 1. The van der Waals surface area contributed by atoms with Crippen LogP contribution < -0.4 is 10.1 Å². The van der Waals surface area contributed by atoms with Gasteiger partial charge in [-0.2, -0.15) is 5.10 Å². The third-order valence-electron chi connectivity index (χ3n) is 3.76. The van der Waals surface area contributed by atoms with Crippen LogP contribution in [0.4, 0.5) is 4.39 Å². The highest BCUT2D eigenvalue weighted by atomic mass is 35.5. The van der Waals surface area contributed by atoms with Gasteiger partial charge in [0.05, 0.1) is 42.2 Å². The summed E-state index contributed by atoms with van der Waals surface area (Å²) in [6.45, 7) is 3.33. The van der Waals surface area contributed by atoms with E-state index in [0.717, 1.165) is 6.54 Å². The molecule has 24 heavy (non-hydrogen) atoms. The van der Waals surface area contributed by atoms with Crippen molar-refractivity contribution in [3.63, 3.8) is 0 Å². The van der Waals surface area contributed by atoms with Crippen LogP contribution >= 0.6 is 11.6 Å². The molecule has 1 amide bonds. The normalized spacial score (nSPS) is 20.1. The molecule has 0 spiro atoms. The molecule has 128 valence electrons. The molecular weight excluding hydrogens is 337 g/mol. The maximum Gasteiger partial charge on any atom is 0.254 e. The first kappa shape index (κ1) is 16.7. The van der Waals surface area contributed by atoms with Crippen LogP contribution in [0.5, 0.6) is 5.75 Å². The zero-order chi connectivity index (χ0) is 17.1. The molecule has 1 fully saturated rings. The van der Waals surface area contributed by atoms with E-state index in [2.05, 4.69) is 10.4 Å².